The number of amides is 1. The van der Waals surface area contributed by atoms with E-state index in [4.69, 9.17) is 11.6 Å². The van der Waals surface area contributed by atoms with Gasteiger partial charge in [-0.05, 0) is 67.7 Å². The van der Waals surface area contributed by atoms with Crippen molar-refractivity contribution in [2.45, 2.75) is 58.0 Å². The third-order valence-electron chi connectivity index (χ3n) is 5.64. The van der Waals surface area contributed by atoms with Crippen LogP contribution in [-0.4, -0.2) is 32.7 Å². The van der Waals surface area contributed by atoms with Crippen LogP contribution in [0, 0.1) is 6.92 Å². The van der Waals surface area contributed by atoms with Gasteiger partial charge in [-0.1, -0.05) is 18.2 Å². The summed E-state index contributed by atoms with van der Waals surface area (Å²) < 4.78 is 0. The van der Waals surface area contributed by atoms with Crippen LogP contribution in [-0.2, 0) is 37.0 Å². The molecule has 4 rings (SSSR count). The molecule has 1 heterocycles. The number of aryl methyl sites for hydroxylation is 4. The van der Waals surface area contributed by atoms with Gasteiger partial charge in [-0.3, -0.25) is 4.79 Å². The monoisotopic (exact) mass is 369 g/mol. The first-order chi connectivity index (χ1) is 12.6. The first kappa shape index (κ1) is 17.5. The smallest absolute Gasteiger partial charge is 0.238 e. The van der Waals surface area contributed by atoms with Crippen molar-refractivity contribution in [1.82, 2.24) is 14.9 Å². The lowest BCUT2D eigenvalue weighted by atomic mass is 9.91. The Labute approximate surface area is 159 Å². The predicted molar refractivity (Wildman–Crippen MR) is 102 cm³/mol. The van der Waals surface area contributed by atoms with Crippen LogP contribution in [0.2, 0.25) is 0 Å². The second-order valence-electron chi connectivity index (χ2n) is 7.40. The number of alkyl halides is 1. The molecule has 2 aliphatic rings. The van der Waals surface area contributed by atoms with Gasteiger partial charge in [0, 0.05) is 24.5 Å². The zero-order valence-electron chi connectivity index (χ0n) is 15.2. The van der Waals surface area contributed by atoms with E-state index in [1.807, 2.05) is 18.0 Å². The Morgan fingerprint density at radius 2 is 2.08 bits per heavy atom. The van der Waals surface area contributed by atoms with E-state index >= 15 is 0 Å². The van der Waals surface area contributed by atoms with Gasteiger partial charge in [-0.2, -0.15) is 0 Å². The number of aromatic nitrogens is 2. The molecule has 5 heteroatoms. The van der Waals surface area contributed by atoms with E-state index < -0.39 is 0 Å². The van der Waals surface area contributed by atoms with Crippen molar-refractivity contribution in [2.24, 2.45) is 0 Å². The van der Waals surface area contributed by atoms with Gasteiger partial charge in [0.2, 0.25) is 5.91 Å². The Morgan fingerprint density at radius 1 is 1.23 bits per heavy atom. The van der Waals surface area contributed by atoms with Gasteiger partial charge < -0.3 is 4.90 Å². The molecule has 0 N–H and O–H groups in total. The zero-order valence-corrected chi connectivity index (χ0v) is 15.9. The molecule has 2 aromatic rings. The van der Waals surface area contributed by atoms with Crippen LogP contribution in [0.1, 0.15) is 46.6 Å². The molecule has 2 aliphatic carbocycles. The van der Waals surface area contributed by atoms with Crippen molar-refractivity contribution < 1.29 is 4.79 Å². The van der Waals surface area contributed by atoms with Crippen LogP contribution in [0.25, 0.3) is 0 Å². The van der Waals surface area contributed by atoms with E-state index in [-0.39, 0.29) is 17.8 Å². The molecule has 136 valence electrons. The molecule has 0 radical (unpaired) electrons. The van der Waals surface area contributed by atoms with Gasteiger partial charge in [-0.15, -0.1) is 11.6 Å². The maximum atomic E-state index is 12.6. The molecule has 1 amide bonds. The number of carbonyl (C=O) groups excluding carboxylic acids is 1. The Kier molecular flexibility index (Phi) is 4.94. The predicted octanol–water partition coefficient (Wildman–Crippen LogP) is 3.40. The highest BCUT2D eigenvalue weighted by Gasteiger charge is 2.28. The molecule has 0 spiro atoms. The van der Waals surface area contributed by atoms with Gasteiger partial charge in [-0.25, -0.2) is 9.97 Å². The van der Waals surface area contributed by atoms with E-state index in [9.17, 15) is 4.79 Å². The molecule has 1 aromatic carbocycles. The van der Waals surface area contributed by atoms with Gasteiger partial charge >= 0.3 is 0 Å². The van der Waals surface area contributed by atoms with Crippen molar-refractivity contribution in [2.75, 3.05) is 5.88 Å². The van der Waals surface area contributed by atoms with Crippen LogP contribution in [0.4, 0.5) is 0 Å². The Bertz CT molecular complexity index is 836. The second kappa shape index (κ2) is 7.36. The first-order valence-corrected chi connectivity index (χ1v) is 9.95. The second-order valence-corrected chi connectivity index (χ2v) is 7.66. The lowest BCUT2D eigenvalue weighted by Gasteiger charge is -2.34. The molecular formula is C21H24ClN3O. The van der Waals surface area contributed by atoms with Crippen LogP contribution in [0.3, 0.4) is 0 Å². The number of halogens is 1. The Morgan fingerprint density at radius 3 is 2.92 bits per heavy atom. The van der Waals surface area contributed by atoms with Gasteiger partial charge in [0.1, 0.15) is 11.7 Å². The summed E-state index contributed by atoms with van der Waals surface area (Å²) >= 11 is 5.93. The molecule has 4 nitrogen and oxygen atoms in total. The molecule has 0 aliphatic heterocycles. The van der Waals surface area contributed by atoms with Crippen LogP contribution in [0.15, 0.2) is 24.4 Å². The van der Waals surface area contributed by atoms with Gasteiger partial charge in [0.15, 0.2) is 0 Å². The zero-order chi connectivity index (χ0) is 18.1. The summed E-state index contributed by atoms with van der Waals surface area (Å²) in [5, 5.41) is 0. The summed E-state index contributed by atoms with van der Waals surface area (Å²) in [6.07, 6.45) is 8.11. The maximum Gasteiger partial charge on any atom is 0.238 e. The van der Waals surface area contributed by atoms with Crippen LogP contribution in [0.5, 0.6) is 0 Å². The summed E-state index contributed by atoms with van der Waals surface area (Å²) in [5.41, 5.74) is 6.40. The summed E-state index contributed by atoms with van der Waals surface area (Å²) in [5.74, 6) is 0.848. The number of carbonyl (C=O) groups is 1. The third-order valence-corrected chi connectivity index (χ3v) is 5.86. The standard InChI is InChI=1S/C21H24ClN3O/c1-14-23-12-18-10-19(7-8-20(18)24-14)25(21(26)11-22)13-15-5-6-16-3-2-4-17(16)9-15/h5-6,9,12,19H,2-4,7-8,10-11,13H2,1H3. The molecule has 26 heavy (non-hydrogen) atoms. The Balaban J connectivity index is 1.56. The number of nitrogens with zero attached hydrogens (tertiary/aromatic N) is 3. The van der Waals surface area contributed by atoms with Crippen LogP contribution < -0.4 is 0 Å². The minimum absolute atomic E-state index is 0.00800. The lowest BCUT2D eigenvalue weighted by Crippen LogP contribution is -2.43. The highest BCUT2D eigenvalue weighted by atomic mass is 35.5. The van der Waals surface area contributed by atoms with Gasteiger partial charge in [0.25, 0.3) is 0 Å². The minimum Gasteiger partial charge on any atom is -0.334 e. The summed E-state index contributed by atoms with van der Waals surface area (Å²) in [7, 11) is 0. The molecule has 0 fully saturated rings. The van der Waals surface area contributed by atoms with E-state index in [0.29, 0.717) is 6.54 Å². The average Bonchev–Trinajstić information content (AvgIpc) is 3.13. The average molecular weight is 370 g/mol. The molecule has 1 aromatic heterocycles. The molecular weight excluding hydrogens is 346 g/mol. The number of hydrogen-bond acceptors (Lipinski definition) is 3. The van der Waals surface area contributed by atoms with Crippen molar-refractivity contribution >= 4 is 17.5 Å². The molecule has 1 atom stereocenters. The number of fused-ring (bicyclic) bond motifs is 2. The maximum absolute atomic E-state index is 12.6. The summed E-state index contributed by atoms with van der Waals surface area (Å²) in [6.45, 7) is 2.55. The number of benzene rings is 1. The highest BCUT2D eigenvalue weighted by molar-refractivity contribution is 6.27. The fourth-order valence-electron chi connectivity index (χ4n) is 4.27. The van der Waals surface area contributed by atoms with E-state index in [1.54, 1.807) is 0 Å². The first-order valence-electron chi connectivity index (χ1n) is 9.41. The van der Waals surface area contributed by atoms with E-state index in [1.165, 1.54) is 29.5 Å². The fourth-order valence-corrected chi connectivity index (χ4v) is 4.43. The molecule has 0 saturated heterocycles. The quantitative estimate of drug-likeness (QED) is 0.776. The summed E-state index contributed by atoms with van der Waals surface area (Å²) in [4.78, 5) is 23.4. The van der Waals surface area contributed by atoms with E-state index in [0.717, 1.165) is 42.8 Å². The summed E-state index contributed by atoms with van der Waals surface area (Å²) in [6, 6.07) is 6.84. The highest BCUT2D eigenvalue weighted by Crippen LogP contribution is 2.27. The fraction of sp³-hybridized carbons (Fsp3) is 0.476. The Hall–Kier alpha value is -1.94. The van der Waals surface area contributed by atoms with Crippen molar-refractivity contribution in [3.8, 4) is 0 Å². The number of rotatable bonds is 4. The van der Waals surface area contributed by atoms with Crippen molar-refractivity contribution in [3.05, 3.63) is 58.2 Å². The largest absolute Gasteiger partial charge is 0.334 e. The molecule has 1 unspecified atom stereocenters. The molecule has 0 bridgehead atoms. The lowest BCUT2D eigenvalue weighted by molar-refractivity contribution is -0.131. The minimum atomic E-state index is 0.00800. The molecule has 0 saturated carbocycles. The van der Waals surface area contributed by atoms with E-state index in [2.05, 4.69) is 28.2 Å². The van der Waals surface area contributed by atoms with Crippen molar-refractivity contribution in [1.29, 1.82) is 0 Å². The number of hydrogen-bond donors (Lipinski definition) is 0. The van der Waals surface area contributed by atoms with Crippen LogP contribution >= 0.6 is 11.6 Å². The normalized spacial score (nSPS) is 18.3. The topological polar surface area (TPSA) is 46.1 Å². The van der Waals surface area contributed by atoms with Gasteiger partial charge in [0.05, 0.1) is 0 Å². The third kappa shape index (κ3) is 3.48. The van der Waals surface area contributed by atoms with Crippen molar-refractivity contribution in [3.63, 3.8) is 0 Å². The SMILES string of the molecule is Cc1ncc2c(n1)CCC(N(Cc1ccc3c(c1)CCC3)C(=O)CCl)C2.